The summed E-state index contributed by atoms with van der Waals surface area (Å²) in [6.45, 7) is 0. The number of alkyl halides is 3. The zero-order chi connectivity index (χ0) is 12.3. The van der Waals surface area contributed by atoms with Crippen molar-refractivity contribution < 1.29 is 17.9 Å². The first-order valence-corrected chi connectivity index (χ1v) is 4.58. The van der Waals surface area contributed by atoms with E-state index in [0.29, 0.717) is 0 Å². The molecular formula is C10H7ClF3NO. The Kier molecular flexibility index (Phi) is 3.66. The van der Waals surface area contributed by atoms with Crippen molar-refractivity contribution in [3.8, 4) is 11.8 Å². The summed E-state index contributed by atoms with van der Waals surface area (Å²) in [5.41, 5.74) is -1.16. The van der Waals surface area contributed by atoms with Gasteiger partial charge in [0.25, 0.3) is 0 Å². The second-order valence-corrected chi connectivity index (χ2v) is 3.38. The van der Waals surface area contributed by atoms with Crippen molar-refractivity contribution in [3.63, 3.8) is 0 Å². The average Bonchev–Trinajstić information content (AvgIpc) is 2.19. The molecule has 1 aromatic carbocycles. The van der Waals surface area contributed by atoms with E-state index in [9.17, 15) is 13.2 Å². The lowest BCUT2D eigenvalue weighted by Crippen LogP contribution is -2.10. The number of nitriles is 1. The summed E-state index contributed by atoms with van der Waals surface area (Å²) in [5.74, 6) is 0.0130. The second-order valence-electron chi connectivity index (χ2n) is 2.97. The second kappa shape index (κ2) is 4.62. The average molecular weight is 250 g/mol. The van der Waals surface area contributed by atoms with Crippen LogP contribution in [0.15, 0.2) is 12.1 Å². The molecule has 0 aliphatic rings. The van der Waals surface area contributed by atoms with Gasteiger partial charge in [-0.05, 0) is 17.7 Å². The first-order valence-electron chi connectivity index (χ1n) is 4.20. The number of hydrogen-bond donors (Lipinski definition) is 0. The molecule has 0 bridgehead atoms. The van der Waals surface area contributed by atoms with Crippen LogP contribution in [0.3, 0.4) is 0 Å². The van der Waals surface area contributed by atoms with Gasteiger partial charge < -0.3 is 4.74 Å². The maximum absolute atomic E-state index is 12.6. The predicted molar refractivity (Wildman–Crippen MR) is 52.3 cm³/mol. The molecule has 0 fully saturated rings. The Hall–Kier alpha value is -1.41. The molecule has 0 saturated carbocycles. The van der Waals surface area contributed by atoms with Crippen molar-refractivity contribution in [2.45, 2.75) is 12.6 Å². The van der Waals surface area contributed by atoms with Gasteiger partial charge in [0.05, 0.1) is 25.2 Å². The zero-order valence-electron chi connectivity index (χ0n) is 8.23. The summed E-state index contributed by atoms with van der Waals surface area (Å²) >= 11 is 5.67. The van der Waals surface area contributed by atoms with E-state index in [1.54, 1.807) is 6.07 Å². The monoisotopic (exact) mass is 249 g/mol. The third kappa shape index (κ3) is 2.58. The molecule has 0 radical (unpaired) electrons. The highest BCUT2D eigenvalue weighted by Gasteiger charge is 2.34. The highest BCUT2D eigenvalue weighted by Crippen LogP contribution is 2.38. The minimum absolute atomic E-state index is 0.0130. The Bertz CT molecular complexity index is 437. The third-order valence-electron chi connectivity index (χ3n) is 1.97. The lowest BCUT2D eigenvalue weighted by atomic mass is 10.0. The molecule has 1 rings (SSSR count). The van der Waals surface area contributed by atoms with Crippen molar-refractivity contribution in [1.82, 2.24) is 0 Å². The van der Waals surface area contributed by atoms with Gasteiger partial charge in [0.2, 0.25) is 0 Å². The molecule has 0 amide bonds. The van der Waals surface area contributed by atoms with Crippen molar-refractivity contribution in [2.24, 2.45) is 0 Å². The van der Waals surface area contributed by atoms with E-state index >= 15 is 0 Å². The third-order valence-corrected chi connectivity index (χ3v) is 2.30. The molecule has 0 unspecified atom stereocenters. The fraction of sp³-hybridized carbons (Fsp3) is 0.300. The molecule has 86 valence electrons. The van der Waals surface area contributed by atoms with E-state index in [0.717, 1.165) is 6.07 Å². The smallest absolute Gasteiger partial charge is 0.416 e. The molecule has 6 heteroatoms. The van der Waals surface area contributed by atoms with Gasteiger partial charge in [-0.1, -0.05) is 11.6 Å². The van der Waals surface area contributed by atoms with Crippen molar-refractivity contribution in [2.75, 3.05) is 7.11 Å². The van der Waals surface area contributed by atoms with Crippen LogP contribution in [0.5, 0.6) is 5.75 Å². The molecule has 0 aliphatic carbocycles. The van der Waals surface area contributed by atoms with E-state index in [-0.39, 0.29) is 16.3 Å². The number of rotatable bonds is 2. The van der Waals surface area contributed by atoms with Crippen LogP contribution in [-0.4, -0.2) is 7.11 Å². The van der Waals surface area contributed by atoms with Crippen molar-refractivity contribution in [1.29, 1.82) is 5.26 Å². The van der Waals surface area contributed by atoms with E-state index in [4.69, 9.17) is 21.6 Å². The number of nitrogens with zero attached hydrogens (tertiary/aromatic N) is 1. The SMILES string of the molecule is COc1cc(Cl)c(CC#N)c(C(F)(F)F)c1. The van der Waals surface area contributed by atoms with E-state index in [1.807, 2.05) is 0 Å². The fourth-order valence-electron chi connectivity index (χ4n) is 1.24. The highest BCUT2D eigenvalue weighted by atomic mass is 35.5. The highest BCUT2D eigenvalue weighted by molar-refractivity contribution is 6.31. The topological polar surface area (TPSA) is 33.0 Å². The van der Waals surface area contributed by atoms with Crippen LogP contribution in [0, 0.1) is 11.3 Å². The largest absolute Gasteiger partial charge is 0.497 e. The van der Waals surface area contributed by atoms with Gasteiger partial charge in [-0.2, -0.15) is 18.4 Å². The van der Waals surface area contributed by atoms with Crippen LogP contribution in [0.1, 0.15) is 11.1 Å². The van der Waals surface area contributed by atoms with Crippen molar-refractivity contribution in [3.05, 3.63) is 28.3 Å². The zero-order valence-corrected chi connectivity index (χ0v) is 8.99. The first kappa shape index (κ1) is 12.7. The molecule has 0 N–H and O–H groups in total. The minimum Gasteiger partial charge on any atom is -0.497 e. The molecular weight excluding hydrogens is 243 g/mol. The van der Waals surface area contributed by atoms with Crippen LogP contribution < -0.4 is 4.74 Å². The van der Waals surface area contributed by atoms with Gasteiger partial charge in [0, 0.05) is 5.02 Å². The van der Waals surface area contributed by atoms with Gasteiger partial charge in [-0.3, -0.25) is 0 Å². The summed E-state index contributed by atoms with van der Waals surface area (Å²) in [4.78, 5) is 0. The van der Waals surface area contributed by atoms with Gasteiger partial charge >= 0.3 is 6.18 Å². The van der Waals surface area contributed by atoms with E-state index in [2.05, 4.69) is 0 Å². The Labute approximate surface area is 95.2 Å². The lowest BCUT2D eigenvalue weighted by molar-refractivity contribution is -0.138. The fourth-order valence-corrected chi connectivity index (χ4v) is 1.52. The molecule has 2 nitrogen and oxygen atoms in total. The summed E-state index contributed by atoms with van der Waals surface area (Å²) in [7, 11) is 1.25. The van der Waals surface area contributed by atoms with E-state index < -0.39 is 18.2 Å². The predicted octanol–water partition coefficient (Wildman–Crippen LogP) is 3.43. The number of halogens is 4. The van der Waals surface area contributed by atoms with Crippen LogP contribution in [0.2, 0.25) is 5.02 Å². The van der Waals surface area contributed by atoms with Gasteiger partial charge in [0.15, 0.2) is 0 Å². The van der Waals surface area contributed by atoms with Gasteiger partial charge in [-0.15, -0.1) is 0 Å². The Morgan fingerprint density at radius 2 is 2.06 bits per heavy atom. The van der Waals surface area contributed by atoms with Crippen LogP contribution >= 0.6 is 11.6 Å². The molecule has 1 aromatic rings. The quantitative estimate of drug-likeness (QED) is 0.804. The van der Waals surface area contributed by atoms with Crippen molar-refractivity contribution >= 4 is 11.6 Å². The summed E-state index contributed by atoms with van der Waals surface area (Å²) in [6, 6.07) is 3.73. The molecule has 16 heavy (non-hydrogen) atoms. The molecule has 0 spiro atoms. The normalized spacial score (nSPS) is 11.0. The molecule has 0 aliphatic heterocycles. The Morgan fingerprint density at radius 3 is 2.50 bits per heavy atom. The summed E-state index contributed by atoms with van der Waals surface area (Å²) < 4.78 is 42.6. The Balaban J connectivity index is 3.42. The Morgan fingerprint density at radius 1 is 1.44 bits per heavy atom. The lowest BCUT2D eigenvalue weighted by Gasteiger charge is -2.14. The first-order chi connectivity index (χ1) is 7.40. The van der Waals surface area contributed by atoms with Crippen LogP contribution in [0.25, 0.3) is 0 Å². The minimum atomic E-state index is -4.55. The number of benzene rings is 1. The number of methoxy groups -OCH3 is 1. The van der Waals surface area contributed by atoms with E-state index in [1.165, 1.54) is 13.2 Å². The molecule has 0 heterocycles. The summed E-state index contributed by atoms with van der Waals surface area (Å²) in [6.07, 6.45) is -4.94. The molecule has 0 aromatic heterocycles. The maximum atomic E-state index is 12.6. The van der Waals surface area contributed by atoms with Gasteiger partial charge in [0.1, 0.15) is 5.75 Å². The van der Waals surface area contributed by atoms with Gasteiger partial charge in [-0.25, -0.2) is 0 Å². The standard InChI is InChI=1S/C10H7ClF3NO/c1-16-6-4-8(10(12,13)14)7(2-3-15)9(11)5-6/h4-5H,2H2,1H3. The molecule has 0 saturated heterocycles. The number of hydrogen-bond acceptors (Lipinski definition) is 2. The maximum Gasteiger partial charge on any atom is 0.416 e. The summed E-state index contributed by atoms with van der Waals surface area (Å²) in [5, 5.41) is 8.34. The van der Waals surface area contributed by atoms with Crippen LogP contribution in [0.4, 0.5) is 13.2 Å². The molecule has 0 atom stereocenters. The number of ether oxygens (including phenoxy) is 1. The van der Waals surface area contributed by atoms with Crippen LogP contribution in [-0.2, 0) is 12.6 Å².